The van der Waals surface area contributed by atoms with Crippen molar-refractivity contribution >= 4 is 12.3 Å². The number of hydrogen-bond donors (Lipinski definition) is 0. The number of hydrogen-bond acceptors (Lipinski definition) is 5. The Balaban J connectivity index is 1.51. The van der Waals surface area contributed by atoms with E-state index in [-0.39, 0.29) is 12.2 Å². The van der Waals surface area contributed by atoms with Crippen LogP contribution in [0.15, 0.2) is 35.4 Å². The first-order valence-electron chi connectivity index (χ1n) is 7.69. The lowest BCUT2D eigenvalue weighted by atomic mass is 10.2. The molecular weight excluding hydrogens is 280 g/mol. The van der Waals surface area contributed by atoms with Gasteiger partial charge in [-0.05, 0) is 12.6 Å². The van der Waals surface area contributed by atoms with Gasteiger partial charge in [0.15, 0.2) is 0 Å². The number of nitrogens with zero attached hydrogens (tertiary/aromatic N) is 4. The summed E-state index contributed by atoms with van der Waals surface area (Å²) in [7, 11) is 2.13. The van der Waals surface area contributed by atoms with Crippen LogP contribution in [0.1, 0.15) is 5.56 Å². The maximum atomic E-state index is 11.9. The maximum Gasteiger partial charge on any atom is 0.430 e. The first kappa shape index (κ1) is 15.0. The number of carbonyl (C=O) groups excluding carboxylic acids is 1. The maximum absolute atomic E-state index is 11.9. The van der Waals surface area contributed by atoms with Crippen molar-refractivity contribution in [2.24, 2.45) is 5.10 Å². The molecule has 2 aliphatic heterocycles. The zero-order chi connectivity index (χ0) is 15.4. The Labute approximate surface area is 130 Å². The van der Waals surface area contributed by atoms with Crippen LogP contribution in [0.4, 0.5) is 4.79 Å². The van der Waals surface area contributed by atoms with Crippen molar-refractivity contribution in [3.8, 4) is 0 Å². The van der Waals surface area contributed by atoms with Gasteiger partial charge < -0.3 is 9.64 Å². The molecule has 0 radical (unpaired) electrons. The number of hydrazone groups is 1. The zero-order valence-electron chi connectivity index (χ0n) is 12.9. The molecule has 2 heterocycles. The quantitative estimate of drug-likeness (QED) is 0.781. The summed E-state index contributed by atoms with van der Waals surface area (Å²) >= 11 is 0. The number of amides is 1. The second-order valence-corrected chi connectivity index (χ2v) is 5.85. The van der Waals surface area contributed by atoms with Crippen LogP contribution in [0.25, 0.3) is 0 Å². The largest absolute Gasteiger partial charge is 0.441 e. The summed E-state index contributed by atoms with van der Waals surface area (Å²) in [5, 5.41) is 5.65. The second-order valence-electron chi connectivity index (χ2n) is 5.85. The Hall–Kier alpha value is -1.92. The van der Waals surface area contributed by atoms with E-state index in [1.54, 1.807) is 6.21 Å². The number of piperazine rings is 1. The van der Waals surface area contributed by atoms with E-state index in [1.807, 2.05) is 30.3 Å². The third-order valence-corrected chi connectivity index (χ3v) is 4.06. The van der Waals surface area contributed by atoms with Crippen molar-refractivity contribution < 1.29 is 9.53 Å². The first-order chi connectivity index (χ1) is 10.7. The molecule has 2 fully saturated rings. The highest BCUT2D eigenvalue weighted by Gasteiger charge is 2.32. The topological polar surface area (TPSA) is 48.4 Å². The van der Waals surface area contributed by atoms with Gasteiger partial charge in [0.1, 0.15) is 6.10 Å². The molecule has 1 aromatic rings. The molecule has 6 nitrogen and oxygen atoms in total. The molecule has 0 aromatic heterocycles. The van der Waals surface area contributed by atoms with Crippen molar-refractivity contribution in [3.63, 3.8) is 0 Å². The van der Waals surface area contributed by atoms with E-state index in [0.717, 1.165) is 38.3 Å². The molecule has 1 atom stereocenters. The number of ether oxygens (including phenoxy) is 1. The summed E-state index contributed by atoms with van der Waals surface area (Å²) in [6.45, 7) is 5.49. The van der Waals surface area contributed by atoms with Crippen molar-refractivity contribution in [1.82, 2.24) is 14.8 Å². The minimum absolute atomic E-state index is 0.0937. The molecule has 1 unspecified atom stereocenters. The van der Waals surface area contributed by atoms with Gasteiger partial charge in [0, 0.05) is 32.7 Å². The minimum Gasteiger partial charge on any atom is -0.441 e. The molecule has 0 N–H and O–H groups in total. The zero-order valence-corrected chi connectivity index (χ0v) is 12.9. The normalized spacial score (nSPS) is 24.1. The number of benzene rings is 1. The van der Waals surface area contributed by atoms with Crippen LogP contribution in [-0.4, -0.2) is 79.5 Å². The van der Waals surface area contributed by atoms with Gasteiger partial charge >= 0.3 is 6.09 Å². The average Bonchev–Trinajstić information content (AvgIpc) is 2.88. The van der Waals surface area contributed by atoms with Gasteiger partial charge in [0.25, 0.3) is 0 Å². The van der Waals surface area contributed by atoms with Gasteiger partial charge in [-0.1, -0.05) is 30.3 Å². The molecule has 2 aliphatic rings. The fourth-order valence-electron chi connectivity index (χ4n) is 2.69. The fourth-order valence-corrected chi connectivity index (χ4v) is 2.69. The van der Waals surface area contributed by atoms with Crippen LogP contribution in [-0.2, 0) is 4.74 Å². The lowest BCUT2D eigenvalue weighted by Crippen LogP contribution is -2.47. The fraction of sp³-hybridized carbons (Fsp3) is 0.500. The molecule has 0 aliphatic carbocycles. The van der Waals surface area contributed by atoms with Gasteiger partial charge in [-0.3, -0.25) is 4.90 Å². The van der Waals surface area contributed by atoms with Crippen molar-refractivity contribution in [2.75, 3.05) is 46.3 Å². The Bertz CT molecular complexity index is 526. The minimum atomic E-state index is -0.355. The molecule has 118 valence electrons. The number of carbonyl (C=O) groups is 1. The van der Waals surface area contributed by atoms with Gasteiger partial charge in [0.2, 0.25) is 0 Å². The Morgan fingerprint density at radius 3 is 2.68 bits per heavy atom. The van der Waals surface area contributed by atoms with Crippen LogP contribution in [0, 0.1) is 0 Å². The van der Waals surface area contributed by atoms with E-state index in [1.165, 1.54) is 5.01 Å². The standard InChI is InChI=1S/C16H22N4O2/c1-18-7-9-19(10-8-18)12-15-13-20(16(21)22-15)17-11-14-5-3-2-4-6-14/h2-6,11,15H,7-10,12-13H2,1H3/b17-11+. The summed E-state index contributed by atoms with van der Waals surface area (Å²) in [5.74, 6) is 0. The van der Waals surface area contributed by atoms with Crippen LogP contribution >= 0.6 is 0 Å². The van der Waals surface area contributed by atoms with Crippen LogP contribution < -0.4 is 0 Å². The smallest absolute Gasteiger partial charge is 0.430 e. The highest BCUT2D eigenvalue weighted by Crippen LogP contribution is 2.14. The van der Waals surface area contributed by atoms with Gasteiger partial charge in [-0.2, -0.15) is 10.1 Å². The predicted octanol–water partition coefficient (Wildman–Crippen LogP) is 1.09. The van der Waals surface area contributed by atoms with E-state index in [0.29, 0.717) is 6.54 Å². The molecule has 1 aromatic carbocycles. The van der Waals surface area contributed by atoms with Crippen LogP contribution in [0.2, 0.25) is 0 Å². The highest BCUT2D eigenvalue weighted by atomic mass is 16.6. The van der Waals surface area contributed by atoms with E-state index in [2.05, 4.69) is 21.9 Å². The number of likely N-dealkylation sites (N-methyl/N-ethyl adjacent to an activating group) is 1. The molecule has 2 saturated heterocycles. The molecule has 1 amide bonds. The van der Waals surface area contributed by atoms with E-state index in [9.17, 15) is 4.79 Å². The van der Waals surface area contributed by atoms with Gasteiger partial charge in [-0.15, -0.1) is 0 Å². The number of cyclic esters (lactones) is 1. The number of rotatable bonds is 4. The molecule has 0 spiro atoms. The second kappa shape index (κ2) is 6.89. The third kappa shape index (κ3) is 3.84. The summed E-state index contributed by atoms with van der Waals surface area (Å²) < 4.78 is 5.41. The third-order valence-electron chi connectivity index (χ3n) is 4.06. The Morgan fingerprint density at radius 2 is 1.95 bits per heavy atom. The molecule has 22 heavy (non-hydrogen) atoms. The molecule has 6 heteroatoms. The Morgan fingerprint density at radius 1 is 1.23 bits per heavy atom. The lowest BCUT2D eigenvalue weighted by Gasteiger charge is -2.33. The molecular formula is C16H22N4O2. The summed E-state index contributed by atoms with van der Waals surface area (Å²) in [5.41, 5.74) is 0.970. The van der Waals surface area contributed by atoms with Crippen molar-refractivity contribution in [1.29, 1.82) is 0 Å². The highest BCUT2D eigenvalue weighted by molar-refractivity contribution is 5.81. The molecule has 3 rings (SSSR count). The summed E-state index contributed by atoms with van der Waals surface area (Å²) in [6.07, 6.45) is 1.24. The summed E-state index contributed by atoms with van der Waals surface area (Å²) in [4.78, 5) is 16.5. The average molecular weight is 302 g/mol. The van der Waals surface area contributed by atoms with Crippen LogP contribution in [0.3, 0.4) is 0 Å². The van der Waals surface area contributed by atoms with Crippen LogP contribution in [0.5, 0.6) is 0 Å². The van der Waals surface area contributed by atoms with E-state index < -0.39 is 0 Å². The van der Waals surface area contributed by atoms with E-state index in [4.69, 9.17) is 4.74 Å². The van der Waals surface area contributed by atoms with Gasteiger partial charge in [-0.25, -0.2) is 4.79 Å². The van der Waals surface area contributed by atoms with Crippen molar-refractivity contribution in [3.05, 3.63) is 35.9 Å². The van der Waals surface area contributed by atoms with Gasteiger partial charge in [0.05, 0.1) is 12.8 Å². The lowest BCUT2D eigenvalue weighted by molar-refractivity contribution is 0.0835. The molecule has 0 bridgehead atoms. The molecule has 0 saturated carbocycles. The monoisotopic (exact) mass is 302 g/mol. The van der Waals surface area contributed by atoms with E-state index >= 15 is 0 Å². The Kier molecular flexibility index (Phi) is 4.70. The first-order valence-corrected chi connectivity index (χ1v) is 7.69. The van der Waals surface area contributed by atoms with Crippen molar-refractivity contribution in [2.45, 2.75) is 6.10 Å². The SMILES string of the molecule is CN1CCN(CC2CN(/N=C/c3ccccc3)C(=O)O2)CC1. The predicted molar refractivity (Wildman–Crippen MR) is 84.9 cm³/mol. The summed E-state index contributed by atoms with van der Waals surface area (Å²) in [6, 6.07) is 9.74.